The van der Waals surface area contributed by atoms with Crippen LogP contribution in [0, 0.1) is 99.1 Å². The van der Waals surface area contributed by atoms with Gasteiger partial charge in [0.05, 0.1) is 92.6 Å². The summed E-state index contributed by atoms with van der Waals surface area (Å²) in [6.07, 6.45) is 25.7. The van der Waals surface area contributed by atoms with Gasteiger partial charge in [0.15, 0.2) is 0 Å². The van der Waals surface area contributed by atoms with Crippen molar-refractivity contribution < 1.29 is 71.3 Å². The van der Waals surface area contributed by atoms with E-state index >= 15 is 0 Å². The van der Waals surface area contributed by atoms with E-state index in [0.29, 0.717) is 135 Å². The fraction of sp³-hybridized carbons (Fsp3) is 0.921. The summed E-state index contributed by atoms with van der Waals surface area (Å²) in [5.41, 5.74) is -0.0810. The first-order valence-electron chi connectivity index (χ1n) is 34.3. The van der Waals surface area contributed by atoms with Crippen LogP contribution in [0.25, 0.3) is 0 Å². The van der Waals surface area contributed by atoms with Crippen LogP contribution in [0.5, 0.6) is 0 Å². The minimum Gasteiger partial charge on any atom is -0.465 e. The number of ether oxygens (including phenoxy) is 10. The zero-order chi connectivity index (χ0) is 57.9. The molecule has 0 aromatic heterocycles. The molecular weight excluding hydrogens is 1140 g/mol. The molecule has 5 aliphatic heterocycles. The molecule has 0 aromatic carbocycles. The predicted octanol–water partition coefficient (Wildman–Crippen LogP) is 3.47. The van der Waals surface area contributed by atoms with Crippen LogP contribution >= 0.6 is 0 Å². The van der Waals surface area contributed by atoms with Crippen molar-refractivity contribution in [2.24, 2.45) is 99.1 Å². The van der Waals surface area contributed by atoms with Crippen LogP contribution in [0.1, 0.15) is 135 Å². The molecule has 0 N–H and O–H groups in total. The number of hydrogen-bond donors (Lipinski definition) is 0. The monoisotopic (exact) mass is 1240 g/mol. The standard InChI is InChI=1S/3C13H22O3Si.2C12H20O3Si/c14-12-13(2-4-16-12)8-9-6-10(13)7-11(9)15-3-1-5-17;14-12-13(2-4-16-12)8-9-6-10(13)11(7-9)15-3-1-5-17;14-12-7-13(8-16-12)6-9-4-10(13)11(5-9)15-2-1-3-17;13-12-11-7-4-8(9(11)6-15-12)10(5-7)14-2-1-3-16;13-12-11-8-4-7(9(11)6-15-12)5-10(8)14-2-1-3-16/h3*9-11H,1-8H2,17H3;2*7-11H,1-6H2,16H3. The van der Waals surface area contributed by atoms with Gasteiger partial charge in [-0.05, 0) is 182 Å². The Bertz CT molecular complexity index is 2250. The summed E-state index contributed by atoms with van der Waals surface area (Å²) in [6.45, 7) is 7.83. The zero-order valence-corrected chi connectivity index (χ0v) is 61.5. The maximum Gasteiger partial charge on any atom is 0.312 e. The van der Waals surface area contributed by atoms with Gasteiger partial charge in [0.25, 0.3) is 0 Å². The maximum absolute atomic E-state index is 12.0. The predicted molar refractivity (Wildman–Crippen MR) is 330 cm³/mol. The van der Waals surface area contributed by atoms with E-state index in [0.717, 1.165) is 77.5 Å². The fourth-order valence-corrected chi connectivity index (χ4v) is 21.6. The molecule has 10 aliphatic carbocycles. The van der Waals surface area contributed by atoms with Gasteiger partial charge >= 0.3 is 29.8 Å². The lowest BCUT2D eigenvalue weighted by Crippen LogP contribution is -2.40. The van der Waals surface area contributed by atoms with Crippen molar-refractivity contribution in [2.75, 3.05) is 66.1 Å². The van der Waals surface area contributed by atoms with Crippen molar-refractivity contribution in [3.8, 4) is 0 Å². The molecule has 3 spiro atoms. The van der Waals surface area contributed by atoms with Gasteiger partial charge in [-0.1, -0.05) is 30.2 Å². The van der Waals surface area contributed by atoms with Crippen LogP contribution in [0.15, 0.2) is 0 Å². The molecule has 0 aromatic rings. The van der Waals surface area contributed by atoms with Crippen molar-refractivity contribution in [1.29, 1.82) is 0 Å². The number of hydrogen-bond acceptors (Lipinski definition) is 15. The third-order valence-electron chi connectivity index (χ3n) is 24.2. The van der Waals surface area contributed by atoms with Crippen LogP contribution in [0.2, 0.25) is 30.2 Å². The first kappa shape index (κ1) is 62.8. The molecule has 0 radical (unpaired) electrons. The Morgan fingerprint density at radius 2 is 0.940 bits per heavy atom. The van der Waals surface area contributed by atoms with E-state index in [-0.39, 0.29) is 57.9 Å². The Balaban J connectivity index is 0.000000109. The molecule has 22 unspecified atom stereocenters. The van der Waals surface area contributed by atoms with E-state index < -0.39 is 0 Å². The topological polar surface area (TPSA) is 178 Å². The summed E-state index contributed by atoms with van der Waals surface area (Å²) < 4.78 is 56.0. The molecule has 15 nitrogen and oxygen atoms in total. The van der Waals surface area contributed by atoms with Crippen molar-refractivity contribution in [1.82, 2.24) is 0 Å². The molecule has 22 atom stereocenters. The van der Waals surface area contributed by atoms with E-state index in [1.54, 1.807) is 0 Å². The van der Waals surface area contributed by atoms with Crippen LogP contribution in [-0.4, -0.2) is 178 Å². The lowest BCUT2D eigenvalue weighted by molar-refractivity contribution is -0.152. The van der Waals surface area contributed by atoms with Crippen LogP contribution < -0.4 is 0 Å². The average molecular weight is 1240 g/mol. The molecule has 10 bridgehead atoms. The van der Waals surface area contributed by atoms with Gasteiger partial charge in [0.1, 0.15) is 0 Å². The second kappa shape index (κ2) is 28.0. The van der Waals surface area contributed by atoms with E-state index in [1.165, 1.54) is 171 Å². The normalized spacial score (nSPS) is 44.2. The summed E-state index contributed by atoms with van der Waals surface area (Å²) in [4.78, 5) is 58.5. The molecule has 15 fully saturated rings. The SMILES string of the molecule is O=C1CC2(CO1)CC1CC(OCCC[SiH3])C2C1.O=C1OCC2C3CC(CC3OCCC[SiH3])C12.O=C1OCC2C3CC(OCCC[SiH3])C(C3)C12.O=C1OCCC12CC1CC(OCCC[SiH3])C2C1.O=C1OCCC12CC1CC2CC1OCCC[SiH3]. The number of esters is 5. The van der Waals surface area contributed by atoms with Crippen LogP contribution in [-0.2, 0) is 71.3 Å². The summed E-state index contributed by atoms with van der Waals surface area (Å²) in [5, 5.41) is 0. The van der Waals surface area contributed by atoms with E-state index in [9.17, 15) is 24.0 Å². The zero-order valence-electron chi connectivity index (χ0n) is 51.5. The van der Waals surface area contributed by atoms with Crippen molar-refractivity contribution >= 4 is 81.1 Å². The first-order valence-corrected chi connectivity index (χ1v) is 41.4. The van der Waals surface area contributed by atoms with E-state index in [1.807, 2.05) is 0 Å². The number of cyclic esters (lactones) is 5. The summed E-state index contributed by atoms with van der Waals surface area (Å²) in [5.74, 6) is 7.74. The molecule has 5 saturated heterocycles. The Kier molecular flexibility index (Phi) is 21.2. The van der Waals surface area contributed by atoms with Gasteiger partial charge in [-0.25, -0.2) is 0 Å². The summed E-state index contributed by atoms with van der Waals surface area (Å²) >= 11 is 0. The van der Waals surface area contributed by atoms with Gasteiger partial charge in [-0.2, -0.15) is 0 Å². The van der Waals surface area contributed by atoms with E-state index in [2.05, 4.69) is 0 Å². The van der Waals surface area contributed by atoms with Gasteiger partial charge in [0, 0.05) is 107 Å². The third kappa shape index (κ3) is 12.9. The number of carbonyl (C=O) groups excluding carboxylic acids is 5. The van der Waals surface area contributed by atoms with Crippen LogP contribution in [0.4, 0.5) is 0 Å². The Labute approximate surface area is 510 Å². The number of fused-ring (bicyclic) bond motifs is 19. The number of rotatable bonds is 20. The average Bonchev–Trinajstić information content (AvgIpc) is 3.28. The molecular formula is C63H106O15Si5. The molecule has 15 aliphatic rings. The highest BCUT2D eigenvalue weighted by molar-refractivity contribution is 6.09. The minimum absolute atomic E-state index is 0.0101. The van der Waals surface area contributed by atoms with Gasteiger partial charge < -0.3 is 47.4 Å². The largest absolute Gasteiger partial charge is 0.465 e. The van der Waals surface area contributed by atoms with Gasteiger partial charge in [0.2, 0.25) is 0 Å². The lowest BCUT2D eigenvalue weighted by Gasteiger charge is -2.36. The molecule has 15 rings (SSSR count). The lowest BCUT2D eigenvalue weighted by atomic mass is 9.71. The molecule has 20 heteroatoms. The molecule has 83 heavy (non-hydrogen) atoms. The summed E-state index contributed by atoms with van der Waals surface area (Å²) in [6, 6.07) is 6.61. The van der Waals surface area contributed by atoms with Crippen molar-refractivity contribution in [2.45, 2.75) is 196 Å². The van der Waals surface area contributed by atoms with Crippen molar-refractivity contribution in [3.63, 3.8) is 0 Å². The number of carbonyl (C=O) groups is 5. The van der Waals surface area contributed by atoms with Crippen molar-refractivity contribution in [3.05, 3.63) is 0 Å². The third-order valence-corrected chi connectivity index (χ3v) is 27.8. The van der Waals surface area contributed by atoms with E-state index in [4.69, 9.17) is 47.4 Å². The first-order chi connectivity index (χ1) is 40.4. The maximum atomic E-state index is 12.0. The quantitative estimate of drug-likeness (QED) is 0.0749. The van der Waals surface area contributed by atoms with Crippen LogP contribution in [0.3, 0.4) is 0 Å². The van der Waals surface area contributed by atoms with Gasteiger partial charge in [-0.3, -0.25) is 24.0 Å². The Hall–Kier alpha value is -1.77. The Morgan fingerprint density at radius 3 is 1.48 bits per heavy atom. The fourth-order valence-electron chi connectivity index (χ4n) is 20.2. The molecule has 5 heterocycles. The van der Waals surface area contributed by atoms with Gasteiger partial charge in [-0.15, -0.1) is 0 Å². The second-order valence-corrected chi connectivity index (χ2v) is 34.0. The Morgan fingerprint density at radius 1 is 0.422 bits per heavy atom. The minimum atomic E-state index is -0.144. The highest BCUT2D eigenvalue weighted by atomic mass is 28.2. The molecule has 468 valence electrons. The smallest absolute Gasteiger partial charge is 0.312 e. The molecule has 10 saturated carbocycles. The molecule has 0 amide bonds. The highest BCUT2D eigenvalue weighted by Gasteiger charge is 2.65. The second-order valence-electron chi connectivity index (χ2n) is 29.0. The highest BCUT2D eigenvalue weighted by Crippen LogP contribution is 2.63. The summed E-state index contributed by atoms with van der Waals surface area (Å²) in [7, 11) is 6.37.